The van der Waals surface area contributed by atoms with Crippen molar-refractivity contribution in [1.82, 2.24) is 9.62 Å². The van der Waals surface area contributed by atoms with Gasteiger partial charge in [-0.15, -0.1) is 0 Å². The highest BCUT2D eigenvalue weighted by Gasteiger charge is 2.24. The van der Waals surface area contributed by atoms with Crippen molar-refractivity contribution in [3.63, 3.8) is 0 Å². The summed E-state index contributed by atoms with van der Waals surface area (Å²) < 4.78 is 28.8. The molecule has 0 aromatic heterocycles. The Hall–Kier alpha value is -1.31. The maximum Gasteiger partial charge on any atom is 0.301 e. The van der Waals surface area contributed by atoms with E-state index in [0.29, 0.717) is 31.9 Å². The number of aryl methyl sites for hydroxylation is 1. The van der Waals surface area contributed by atoms with Crippen molar-refractivity contribution >= 4 is 21.6 Å². The van der Waals surface area contributed by atoms with Gasteiger partial charge in [-0.25, -0.2) is 0 Å². The first-order valence-electron chi connectivity index (χ1n) is 6.67. The first-order valence-corrected chi connectivity index (χ1v) is 8.11. The average molecular weight is 298 g/mol. The molecule has 0 saturated carbocycles. The lowest BCUT2D eigenvalue weighted by molar-refractivity contribution is 0.362. The highest BCUT2D eigenvalue weighted by Crippen LogP contribution is 2.22. The van der Waals surface area contributed by atoms with Gasteiger partial charge in [0.1, 0.15) is 0 Å². The molecular formula is C13H22N4O2S. The van der Waals surface area contributed by atoms with E-state index in [1.165, 1.54) is 4.31 Å². The molecule has 0 unspecified atom stereocenters. The summed E-state index contributed by atoms with van der Waals surface area (Å²) in [6.07, 6.45) is 0. The van der Waals surface area contributed by atoms with Crippen LogP contribution >= 0.6 is 0 Å². The Morgan fingerprint density at radius 3 is 2.45 bits per heavy atom. The molecule has 0 radical (unpaired) electrons. The van der Waals surface area contributed by atoms with Crippen LogP contribution in [0.15, 0.2) is 18.2 Å². The highest BCUT2D eigenvalue weighted by atomic mass is 32.2. The van der Waals surface area contributed by atoms with E-state index in [1.807, 2.05) is 44.1 Å². The molecule has 1 aromatic rings. The van der Waals surface area contributed by atoms with Crippen LogP contribution in [0.2, 0.25) is 0 Å². The van der Waals surface area contributed by atoms with E-state index < -0.39 is 10.2 Å². The minimum atomic E-state index is -3.46. The third-order valence-corrected chi connectivity index (χ3v) is 4.90. The SMILES string of the molecule is Cc1cc(N(C)C)ccc1NS(=O)(=O)N1CCNCC1. The zero-order chi connectivity index (χ0) is 14.8. The molecular weight excluding hydrogens is 276 g/mol. The van der Waals surface area contributed by atoms with Crippen LogP contribution in [0.1, 0.15) is 5.56 Å². The second-order valence-corrected chi connectivity index (χ2v) is 6.82. The molecule has 0 spiro atoms. The molecule has 1 aromatic carbocycles. The highest BCUT2D eigenvalue weighted by molar-refractivity contribution is 7.90. The molecule has 1 heterocycles. The summed E-state index contributed by atoms with van der Waals surface area (Å²) >= 11 is 0. The normalized spacial score (nSPS) is 16.9. The number of benzene rings is 1. The largest absolute Gasteiger partial charge is 0.378 e. The molecule has 2 rings (SSSR count). The Kier molecular flexibility index (Phi) is 4.52. The van der Waals surface area contributed by atoms with Gasteiger partial charge >= 0.3 is 10.2 Å². The van der Waals surface area contributed by atoms with Crippen molar-refractivity contribution in [3.8, 4) is 0 Å². The lowest BCUT2D eigenvalue weighted by atomic mass is 10.2. The van der Waals surface area contributed by atoms with Gasteiger partial charge < -0.3 is 10.2 Å². The van der Waals surface area contributed by atoms with Crippen LogP contribution in [0.25, 0.3) is 0 Å². The predicted molar refractivity (Wildman–Crippen MR) is 82.5 cm³/mol. The molecule has 0 aliphatic carbocycles. The van der Waals surface area contributed by atoms with E-state index in [2.05, 4.69) is 10.0 Å². The van der Waals surface area contributed by atoms with Crippen LogP contribution in [-0.4, -0.2) is 53.0 Å². The van der Waals surface area contributed by atoms with E-state index >= 15 is 0 Å². The Balaban J connectivity index is 2.16. The summed E-state index contributed by atoms with van der Waals surface area (Å²) in [7, 11) is 0.453. The van der Waals surface area contributed by atoms with E-state index in [1.54, 1.807) is 0 Å². The molecule has 112 valence electrons. The monoisotopic (exact) mass is 298 g/mol. The number of nitrogens with one attached hydrogen (secondary N) is 2. The number of anilines is 2. The van der Waals surface area contributed by atoms with Gasteiger partial charge in [0, 0.05) is 46.0 Å². The van der Waals surface area contributed by atoms with Crippen molar-refractivity contribution in [2.45, 2.75) is 6.92 Å². The molecule has 7 heteroatoms. The van der Waals surface area contributed by atoms with E-state index in [9.17, 15) is 8.42 Å². The smallest absolute Gasteiger partial charge is 0.301 e. The van der Waals surface area contributed by atoms with Crippen LogP contribution in [0.4, 0.5) is 11.4 Å². The van der Waals surface area contributed by atoms with Crippen molar-refractivity contribution in [3.05, 3.63) is 23.8 Å². The lowest BCUT2D eigenvalue weighted by Crippen LogP contribution is -2.48. The number of nitrogens with zero attached hydrogens (tertiary/aromatic N) is 2. The summed E-state index contributed by atoms with van der Waals surface area (Å²) in [6, 6.07) is 5.68. The van der Waals surface area contributed by atoms with Gasteiger partial charge in [0.25, 0.3) is 0 Å². The number of hydrogen-bond donors (Lipinski definition) is 2. The minimum Gasteiger partial charge on any atom is -0.378 e. The Bertz CT molecular complexity index is 566. The van der Waals surface area contributed by atoms with Gasteiger partial charge in [0.05, 0.1) is 5.69 Å². The number of piperazine rings is 1. The molecule has 1 fully saturated rings. The molecule has 20 heavy (non-hydrogen) atoms. The molecule has 1 aliphatic rings. The zero-order valence-corrected chi connectivity index (χ0v) is 13.0. The van der Waals surface area contributed by atoms with Crippen LogP contribution in [-0.2, 0) is 10.2 Å². The Morgan fingerprint density at radius 1 is 1.25 bits per heavy atom. The van der Waals surface area contributed by atoms with Crippen molar-refractivity contribution in [2.24, 2.45) is 0 Å². The molecule has 0 bridgehead atoms. The fourth-order valence-electron chi connectivity index (χ4n) is 2.13. The van der Waals surface area contributed by atoms with E-state index in [0.717, 1.165) is 11.3 Å². The van der Waals surface area contributed by atoms with Gasteiger partial charge in [-0.3, -0.25) is 4.72 Å². The average Bonchev–Trinajstić information content (AvgIpc) is 2.41. The molecule has 1 aliphatic heterocycles. The summed E-state index contributed by atoms with van der Waals surface area (Å²) in [5, 5.41) is 3.14. The van der Waals surface area contributed by atoms with Gasteiger partial charge in [0.15, 0.2) is 0 Å². The summed E-state index contributed by atoms with van der Waals surface area (Å²) in [5.74, 6) is 0. The summed E-state index contributed by atoms with van der Waals surface area (Å²) in [4.78, 5) is 1.99. The van der Waals surface area contributed by atoms with Crippen LogP contribution in [0, 0.1) is 6.92 Å². The second-order valence-electron chi connectivity index (χ2n) is 5.15. The summed E-state index contributed by atoms with van der Waals surface area (Å²) in [6.45, 7) is 4.30. The Morgan fingerprint density at radius 2 is 1.90 bits per heavy atom. The maximum absolute atomic E-state index is 12.3. The first kappa shape index (κ1) is 15.1. The molecule has 1 saturated heterocycles. The lowest BCUT2D eigenvalue weighted by Gasteiger charge is -2.27. The Labute approximate surface area is 120 Å². The first-order chi connectivity index (χ1) is 9.40. The van der Waals surface area contributed by atoms with E-state index in [4.69, 9.17) is 0 Å². The molecule has 2 N–H and O–H groups in total. The molecule has 6 nitrogen and oxygen atoms in total. The van der Waals surface area contributed by atoms with Crippen molar-refractivity contribution in [2.75, 3.05) is 49.9 Å². The predicted octanol–water partition coefficient (Wildman–Crippen LogP) is 0.623. The van der Waals surface area contributed by atoms with Gasteiger partial charge in [-0.1, -0.05) is 0 Å². The third-order valence-electron chi connectivity index (χ3n) is 3.38. The topological polar surface area (TPSA) is 64.7 Å². The minimum absolute atomic E-state index is 0.504. The third kappa shape index (κ3) is 3.41. The van der Waals surface area contributed by atoms with Crippen LogP contribution in [0.5, 0.6) is 0 Å². The van der Waals surface area contributed by atoms with Gasteiger partial charge in [-0.2, -0.15) is 12.7 Å². The summed E-state index contributed by atoms with van der Waals surface area (Å²) in [5.41, 5.74) is 2.59. The maximum atomic E-state index is 12.3. The number of hydrogen-bond acceptors (Lipinski definition) is 4. The van der Waals surface area contributed by atoms with Crippen molar-refractivity contribution in [1.29, 1.82) is 0 Å². The molecule has 0 amide bonds. The standard InChI is InChI=1S/C13H22N4O2S/c1-11-10-12(16(2)3)4-5-13(11)15-20(18,19)17-8-6-14-7-9-17/h4-5,10,14-15H,6-9H2,1-3H3. The van der Waals surface area contributed by atoms with E-state index in [-0.39, 0.29) is 0 Å². The zero-order valence-electron chi connectivity index (χ0n) is 12.2. The van der Waals surface area contributed by atoms with Crippen molar-refractivity contribution < 1.29 is 8.42 Å². The number of rotatable bonds is 4. The van der Waals surface area contributed by atoms with Crippen LogP contribution < -0.4 is 14.9 Å². The second kappa shape index (κ2) is 5.99. The fourth-order valence-corrected chi connectivity index (χ4v) is 3.43. The quantitative estimate of drug-likeness (QED) is 0.855. The van der Waals surface area contributed by atoms with Gasteiger partial charge in [0.2, 0.25) is 0 Å². The molecule has 0 atom stereocenters. The van der Waals surface area contributed by atoms with Gasteiger partial charge in [-0.05, 0) is 30.7 Å². The fraction of sp³-hybridized carbons (Fsp3) is 0.538. The van der Waals surface area contributed by atoms with Crippen LogP contribution in [0.3, 0.4) is 0 Å².